The number of nitrogens with zero attached hydrogens (tertiary/aromatic N) is 3. The van der Waals surface area contributed by atoms with Crippen LogP contribution in [0.2, 0.25) is 0 Å². The predicted octanol–water partition coefficient (Wildman–Crippen LogP) is 4.73. The lowest BCUT2D eigenvalue weighted by Gasteiger charge is -2.40. The van der Waals surface area contributed by atoms with E-state index in [0.717, 1.165) is 23.1 Å². The van der Waals surface area contributed by atoms with Gasteiger partial charge in [-0.25, -0.2) is 4.98 Å². The monoisotopic (exact) mass is 472 g/mol. The van der Waals surface area contributed by atoms with Crippen molar-refractivity contribution in [1.29, 1.82) is 0 Å². The molecular weight excluding hydrogens is 445 g/mol. The fraction of sp³-hybridized carbons (Fsp3) is 0.400. The van der Waals surface area contributed by atoms with Gasteiger partial charge in [0.2, 0.25) is 5.91 Å². The third-order valence-corrected chi connectivity index (χ3v) is 6.12. The van der Waals surface area contributed by atoms with Gasteiger partial charge in [-0.15, -0.1) is 0 Å². The fourth-order valence-electron chi connectivity index (χ4n) is 4.28. The molecule has 9 heteroatoms. The van der Waals surface area contributed by atoms with E-state index in [1.165, 1.54) is 17.0 Å². The molecule has 0 atom stereocenters. The summed E-state index contributed by atoms with van der Waals surface area (Å²) in [5, 5.41) is 3.52. The Bertz CT molecular complexity index is 1240. The molecule has 0 bridgehead atoms. The van der Waals surface area contributed by atoms with Gasteiger partial charge in [0, 0.05) is 36.8 Å². The molecular formula is C25H27F3N4O2. The maximum absolute atomic E-state index is 13.3. The van der Waals surface area contributed by atoms with Crippen molar-refractivity contribution in [3.63, 3.8) is 0 Å². The second-order valence-corrected chi connectivity index (χ2v) is 9.50. The van der Waals surface area contributed by atoms with E-state index in [2.05, 4.69) is 10.3 Å². The van der Waals surface area contributed by atoms with Crippen molar-refractivity contribution >= 4 is 22.8 Å². The van der Waals surface area contributed by atoms with Gasteiger partial charge in [0.05, 0.1) is 5.56 Å². The summed E-state index contributed by atoms with van der Waals surface area (Å²) in [6.07, 6.45) is -2.53. The van der Waals surface area contributed by atoms with E-state index in [9.17, 15) is 22.8 Å². The minimum atomic E-state index is -4.40. The average Bonchev–Trinajstić information content (AvgIpc) is 3.11. The topological polar surface area (TPSA) is 67.2 Å². The largest absolute Gasteiger partial charge is 0.416 e. The number of piperazine rings is 1. The molecule has 1 aliphatic rings. The number of benzene rings is 1. The number of aromatic nitrogens is 2. The van der Waals surface area contributed by atoms with Crippen molar-refractivity contribution in [3.8, 4) is 11.1 Å². The number of nitrogens with one attached hydrogen (secondary N) is 1. The van der Waals surface area contributed by atoms with E-state index in [1.54, 1.807) is 26.0 Å². The van der Waals surface area contributed by atoms with Crippen LogP contribution in [0.15, 0.2) is 42.6 Å². The van der Waals surface area contributed by atoms with Crippen molar-refractivity contribution in [1.82, 2.24) is 19.8 Å². The van der Waals surface area contributed by atoms with Gasteiger partial charge in [0.1, 0.15) is 16.9 Å². The smallest absolute Gasteiger partial charge is 0.352 e. The van der Waals surface area contributed by atoms with Crippen molar-refractivity contribution in [2.45, 2.75) is 46.0 Å². The summed E-state index contributed by atoms with van der Waals surface area (Å²) < 4.78 is 40.9. The van der Waals surface area contributed by atoms with Gasteiger partial charge in [-0.05, 0) is 49.6 Å². The summed E-state index contributed by atoms with van der Waals surface area (Å²) in [6.45, 7) is 8.86. The number of rotatable bonds is 4. The summed E-state index contributed by atoms with van der Waals surface area (Å²) in [5.41, 5.74) is 0.466. The number of carbonyl (C=O) groups excluding carboxylic acids is 2. The Hall–Kier alpha value is -3.36. The number of amides is 2. The standard InChI is InChI=1S/C25H27F3N4O2/c1-15(2)13-31-14-19(16-5-7-17(8-6-16)25(26,27)28)18-9-10-20(30-21(18)31)22(33)32-12-11-29-23(34)24(32,3)4/h5-10,14-15H,11-13H2,1-4H3,(H,29,34). The summed E-state index contributed by atoms with van der Waals surface area (Å²) in [5.74, 6) is -0.280. The van der Waals surface area contributed by atoms with Gasteiger partial charge in [0.15, 0.2) is 0 Å². The second kappa shape index (κ2) is 8.45. The zero-order valence-electron chi connectivity index (χ0n) is 19.5. The molecule has 2 aromatic heterocycles. The second-order valence-electron chi connectivity index (χ2n) is 9.50. The van der Waals surface area contributed by atoms with Crippen molar-refractivity contribution in [3.05, 3.63) is 53.9 Å². The quantitative estimate of drug-likeness (QED) is 0.597. The third kappa shape index (κ3) is 4.26. The van der Waals surface area contributed by atoms with Crippen LogP contribution in [0.1, 0.15) is 43.7 Å². The molecule has 0 radical (unpaired) electrons. The van der Waals surface area contributed by atoms with Crippen LogP contribution in [0.5, 0.6) is 0 Å². The maximum Gasteiger partial charge on any atom is 0.416 e. The Morgan fingerprint density at radius 3 is 2.44 bits per heavy atom. The molecule has 6 nitrogen and oxygen atoms in total. The lowest BCUT2D eigenvalue weighted by molar-refractivity contribution is -0.137. The molecule has 1 saturated heterocycles. The molecule has 0 unspecified atom stereocenters. The van der Waals surface area contributed by atoms with E-state index >= 15 is 0 Å². The fourth-order valence-corrected chi connectivity index (χ4v) is 4.28. The SMILES string of the molecule is CC(C)Cn1cc(-c2ccc(C(F)(F)F)cc2)c2ccc(C(=O)N3CCNC(=O)C3(C)C)nc21. The number of fused-ring (bicyclic) bond motifs is 1. The molecule has 0 spiro atoms. The number of halogens is 3. The molecule has 4 rings (SSSR count). The maximum atomic E-state index is 13.3. The minimum Gasteiger partial charge on any atom is -0.352 e. The van der Waals surface area contributed by atoms with Gasteiger partial charge in [0.25, 0.3) is 5.91 Å². The summed E-state index contributed by atoms with van der Waals surface area (Å²) >= 11 is 0. The molecule has 3 heterocycles. The van der Waals surface area contributed by atoms with E-state index in [1.807, 2.05) is 24.6 Å². The van der Waals surface area contributed by atoms with Crippen LogP contribution >= 0.6 is 0 Å². The van der Waals surface area contributed by atoms with Crippen LogP contribution in [-0.2, 0) is 17.5 Å². The molecule has 1 N–H and O–H groups in total. The third-order valence-electron chi connectivity index (χ3n) is 6.12. The highest BCUT2D eigenvalue weighted by Crippen LogP contribution is 2.34. The van der Waals surface area contributed by atoms with Crippen LogP contribution in [0.4, 0.5) is 13.2 Å². The van der Waals surface area contributed by atoms with E-state index in [4.69, 9.17) is 0 Å². The van der Waals surface area contributed by atoms with Crippen molar-refractivity contribution in [2.24, 2.45) is 5.92 Å². The normalized spacial score (nSPS) is 16.2. The van der Waals surface area contributed by atoms with Crippen molar-refractivity contribution in [2.75, 3.05) is 13.1 Å². The molecule has 180 valence electrons. The number of pyridine rings is 1. The lowest BCUT2D eigenvalue weighted by atomic mass is 9.98. The number of carbonyl (C=O) groups is 2. The van der Waals surface area contributed by atoms with Crippen LogP contribution in [0, 0.1) is 5.92 Å². The predicted molar refractivity (Wildman–Crippen MR) is 123 cm³/mol. The molecule has 1 fully saturated rings. The van der Waals surface area contributed by atoms with Gasteiger partial charge < -0.3 is 14.8 Å². The molecule has 0 saturated carbocycles. The lowest BCUT2D eigenvalue weighted by Crippen LogP contribution is -2.63. The van der Waals surface area contributed by atoms with Crippen LogP contribution in [0.25, 0.3) is 22.2 Å². The van der Waals surface area contributed by atoms with E-state index in [0.29, 0.717) is 30.8 Å². The van der Waals surface area contributed by atoms with Gasteiger partial charge in [-0.2, -0.15) is 13.2 Å². The Kier molecular flexibility index (Phi) is 5.91. The molecule has 34 heavy (non-hydrogen) atoms. The first-order valence-corrected chi connectivity index (χ1v) is 11.2. The zero-order chi connectivity index (χ0) is 24.8. The first-order valence-electron chi connectivity index (χ1n) is 11.2. The summed E-state index contributed by atoms with van der Waals surface area (Å²) in [4.78, 5) is 31.8. The van der Waals surface area contributed by atoms with E-state index < -0.39 is 17.3 Å². The van der Waals surface area contributed by atoms with Crippen molar-refractivity contribution < 1.29 is 22.8 Å². The minimum absolute atomic E-state index is 0.220. The van der Waals surface area contributed by atoms with Gasteiger partial charge >= 0.3 is 6.18 Å². The number of hydrogen-bond donors (Lipinski definition) is 1. The first kappa shape index (κ1) is 23.8. The molecule has 1 aliphatic heterocycles. The Morgan fingerprint density at radius 2 is 1.82 bits per heavy atom. The highest BCUT2D eigenvalue weighted by Gasteiger charge is 2.41. The van der Waals surface area contributed by atoms with Crippen LogP contribution in [0.3, 0.4) is 0 Å². The average molecular weight is 473 g/mol. The van der Waals surface area contributed by atoms with E-state index in [-0.39, 0.29) is 23.4 Å². The van der Waals surface area contributed by atoms with Gasteiger partial charge in [-0.3, -0.25) is 9.59 Å². The Balaban J connectivity index is 1.78. The first-order chi connectivity index (χ1) is 15.9. The number of alkyl halides is 3. The summed E-state index contributed by atoms with van der Waals surface area (Å²) in [6, 6.07) is 8.42. The Morgan fingerprint density at radius 1 is 1.15 bits per heavy atom. The molecule has 1 aromatic carbocycles. The highest BCUT2D eigenvalue weighted by atomic mass is 19.4. The zero-order valence-corrected chi connectivity index (χ0v) is 19.5. The number of hydrogen-bond acceptors (Lipinski definition) is 3. The molecule has 2 amide bonds. The van der Waals surface area contributed by atoms with Crippen LogP contribution < -0.4 is 5.32 Å². The molecule has 3 aromatic rings. The molecule has 0 aliphatic carbocycles. The highest BCUT2D eigenvalue weighted by molar-refractivity contribution is 6.01. The van der Waals surface area contributed by atoms with Crippen LogP contribution in [-0.4, -0.2) is 44.9 Å². The summed E-state index contributed by atoms with van der Waals surface area (Å²) in [7, 11) is 0. The Labute approximate surface area is 195 Å². The van der Waals surface area contributed by atoms with Gasteiger partial charge in [-0.1, -0.05) is 26.0 Å².